The molecule has 1 N–H and O–H groups in total. The number of nitrogens with one attached hydrogen (secondary N) is 1. The predicted octanol–water partition coefficient (Wildman–Crippen LogP) is 3.52. The van der Waals surface area contributed by atoms with Crippen LogP contribution in [0.25, 0.3) is 0 Å². The van der Waals surface area contributed by atoms with Crippen LogP contribution in [-0.4, -0.2) is 36.6 Å². The molecule has 0 aromatic heterocycles. The highest BCUT2D eigenvalue weighted by Gasteiger charge is 2.10. The van der Waals surface area contributed by atoms with Crippen LogP contribution in [0.1, 0.15) is 44.0 Å². The maximum atomic E-state index is 11.9. The van der Waals surface area contributed by atoms with Crippen molar-refractivity contribution in [3.05, 3.63) is 29.8 Å². The van der Waals surface area contributed by atoms with Crippen molar-refractivity contribution in [2.75, 3.05) is 25.0 Å². The first-order valence-electron chi connectivity index (χ1n) is 7.45. The maximum absolute atomic E-state index is 11.9. The molecule has 0 fully saturated rings. The normalized spacial score (nSPS) is 10.0. The summed E-state index contributed by atoms with van der Waals surface area (Å²) in [6, 6.07) is 6.59. The highest BCUT2D eigenvalue weighted by Crippen LogP contribution is 2.11. The van der Waals surface area contributed by atoms with Crippen LogP contribution in [0.5, 0.6) is 0 Å². The number of rotatable bonds is 7. The Morgan fingerprint density at radius 3 is 2.24 bits per heavy atom. The van der Waals surface area contributed by atoms with E-state index in [0.717, 1.165) is 12.8 Å². The zero-order valence-corrected chi connectivity index (χ0v) is 13.0. The number of hydrogen-bond donors (Lipinski definition) is 1. The smallest absolute Gasteiger partial charge is 0.338 e. The molecular formula is C16H24N2O3. The van der Waals surface area contributed by atoms with Crippen LogP contribution in [-0.2, 0) is 4.74 Å². The van der Waals surface area contributed by atoms with E-state index in [2.05, 4.69) is 5.32 Å². The van der Waals surface area contributed by atoms with E-state index in [0.29, 0.717) is 30.9 Å². The highest BCUT2D eigenvalue weighted by molar-refractivity contribution is 5.92. The molecule has 0 aliphatic carbocycles. The minimum Gasteiger partial charge on any atom is -0.462 e. The van der Waals surface area contributed by atoms with Crippen LogP contribution in [0.2, 0.25) is 0 Å². The number of anilines is 1. The lowest BCUT2D eigenvalue weighted by molar-refractivity contribution is 0.0500. The molecule has 0 atom stereocenters. The van der Waals surface area contributed by atoms with Crippen LogP contribution < -0.4 is 5.32 Å². The Hall–Kier alpha value is -2.04. The van der Waals surface area contributed by atoms with E-state index in [-0.39, 0.29) is 12.0 Å². The zero-order chi connectivity index (χ0) is 15.7. The van der Waals surface area contributed by atoms with Gasteiger partial charge < -0.3 is 15.0 Å². The van der Waals surface area contributed by atoms with Crippen molar-refractivity contribution in [1.82, 2.24) is 4.90 Å². The van der Waals surface area contributed by atoms with E-state index in [9.17, 15) is 9.59 Å². The summed E-state index contributed by atoms with van der Waals surface area (Å²) in [5, 5.41) is 2.80. The molecule has 0 bridgehead atoms. The summed E-state index contributed by atoms with van der Waals surface area (Å²) >= 11 is 0. The third kappa shape index (κ3) is 5.45. The molecule has 1 aromatic rings. The monoisotopic (exact) mass is 292 g/mol. The molecule has 0 saturated carbocycles. The van der Waals surface area contributed by atoms with Crippen LogP contribution in [0.4, 0.5) is 10.5 Å². The molecule has 0 spiro atoms. The first-order chi connectivity index (χ1) is 10.1. The SMILES string of the molecule is CCCCOC(=O)c1ccc(NC(=O)N(CC)CC)cc1. The fourth-order valence-corrected chi connectivity index (χ4v) is 1.80. The molecule has 0 saturated heterocycles. The van der Waals surface area contributed by atoms with Gasteiger partial charge in [0.25, 0.3) is 0 Å². The Balaban J connectivity index is 2.57. The Kier molecular flexibility index (Phi) is 7.29. The minimum absolute atomic E-state index is 0.140. The van der Waals surface area contributed by atoms with Gasteiger partial charge in [0.2, 0.25) is 0 Å². The van der Waals surface area contributed by atoms with E-state index in [1.54, 1.807) is 29.2 Å². The van der Waals surface area contributed by atoms with Gasteiger partial charge in [-0.3, -0.25) is 0 Å². The molecule has 0 aliphatic rings. The van der Waals surface area contributed by atoms with E-state index in [4.69, 9.17) is 4.74 Å². The second-order valence-corrected chi connectivity index (χ2v) is 4.67. The third-order valence-electron chi connectivity index (χ3n) is 3.15. The van der Waals surface area contributed by atoms with Gasteiger partial charge in [0.05, 0.1) is 12.2 Å². The number of esters is 1. The van der Waals surface area contributed by atoms with Crippen LogP contribution in [0.15, 0.2) is 24.3 Å². The fourth-order valence-electron chi connectivity index (χ4n) is 1.80. The van der Waals surface area contributed by atoms with Gasteiger partial charge in [0.1, 0.15) is 0 Å². The van der Waals surface area contributed by atoms with E-state index in [1.165, 1.54) is 0 Å². The van der Waals surface area contributed by atoms with Gasteiger partial charge in [-0.15, -0.1) is 0 Å². The van der Waals surface area contributed by atoms with Crippen molar-refractivity contribution in [3.63, 3.8) is 0 Å². The van der Waals surface area contributed by atoms with Gasteiger partial charge in [0, 0.05) is 18.8 Å². The molecule has 0 radical (unpaired) electrons. The molecular weight excluding hydrogens is 268 g/mol. The summed E-state index contributed by atoms with van der Waals surface area (Å²) in [4.78, 5) is 25.3. The standard InChI is InChI=1S/C16H24N2O3/c1-4-7-12-21-15(19)13-8-10-14(11-9-13)17-16(20)18(5-2)6-3/h8-11H,4-7,12H2,1-3H3,(H,17,20). The highest BCUT2D eigenvalue weighted by atomic mass is 16.5. The first kappa shape index (κ1) is 17.0. The number of carbonyl (C=O) groups excluding carboxylic acids is 2. The van der Waals surface area contributed by atoms with Crippen molar-refractivity contribution in [1.29, 1.82) is 0 Å². The second-order valence-electron chi connectivity index (χ2n) is 4.67. The zero-order valence-electron chi connectivity index (χ0n) is 13.0. The number of ether oxygens (including phenoxy) is 1. The van der Waals surface area contributed by atoms with E-state index >= 15 is 0 Å². The van der Waals surface area contributed by atoms with Crippen molar-refractivity contribution < 1.29 is 14.3 Å². The lowest BCUT2D eigenvalue weighted by Gasteiger charge is -2.19. The van der Waals surface area contributed by atoms with Crippen molar-refractivity contribution in [2.24, 2.45) is 0 Å². The summed E-state index contributed by atoms with van der Waals surface area (Å²) in [5.74, 6) is -0.329. The molecule has 116 valence electrons. The molecule has 21 heavy (non-hydrogen) atoms. The Morgan fingerprint density at radius 2 is 1.71 bits per heavy atom. The van der Waals surface area contributed by atoms with Crippen LogP contribution in [0, 0.1) is 0 Å². The maximum Gasteiger partial charge on any atom is 0.338 e. The molecule has 1 aromatic carbocycles. The number of benzene rings is 1. The number of amides is 2. The fraction of sp³-hybridized carbons (Fsp3) is 0.500. The largest absolute Gasteiger partial charge is 0.462 e. The molecule has 0 heterocycles. The van der Waals surface area contributed by atoms with Crippen molar-refractivity contribution >= 4 is 17.7 Å². The van der Waals surface area contributed by atoms with Gasteiger partial charge in [0.15, 0.2) is 0 Å². The third-order valence-corrected chi connectivity index (χ3v) is 3.15. The summed E-state index contributed by atoms with van der Waals surface area (Å²) in [5.41, 5.74) is 1.16. The topological polar surface area (TPSA) is 58.6 Å². The van der Waals surface area contributed by atoms with E-state index < -0.39 is 0 Å². The Bertz CT molecular complexity index is 453. The van der Waals surface area contributed by atoms with E-state index in [1.807, 2.05) is 20.8 Å². The van der Waals surface area contributed by atoms with Gasteiger partial charge >= 0.3 is 12.0 Å². The van der Waals surface area contributed by atoms with Gasteiger partial charge in [-0.25, -0.2) is 9.59 Å². The van der Waals surface area contributed by atoms with Crippen LogP contribution >= 0.6 is 0 Å². The molecule has 0 aliphatic heterocycles. The Labute approximate surface area is 126 Å². The summed E-state index contributed by atoms with van der Waals surface area (Å²) in [6.07, 6.45) is 1.85. The number of carbonyl (C=O) groups is 2. The number of nitrogens with zero attached hydrogens (tertiary/aromatic N) is 1. The van der Waals surface area contributed by atoms with Gasteiger partial charge in [-0.05, 0) is 44.5 Å². The summed E-state index contributed by atoms with van der Waals surface area (Å²) < 4.78 is 5.13. The average Bonchev–Trinajstić information content (AvgIpc) is 2.49. The molecule has 5 heteroatoms. The number of unbranched alkanes of at least 4 members (excludes halogenated alkanes) is 1. The van der Waals surface area contributed by atoms with Gasteiger partial charge in [-0.2, -0.15) is 0 Å². The first-order valence-corrected chi connectivity index (χ1v) is 7.45. The Morgan fingerprint density at radius 1 is 1.10 bits per heavy atom. The molecule has 5 nitrogen and oxygen atoms in total. The minimum atomic E-state index is -0.329. The predicted molar refractivity (Wildman–Crippen MR) is 83.6 cm³/mol. The lowest BCUT2D eigenvalue weighted by atomic mass is 10.2. The quantitative estimate of drug-likeness (QED) is 0.618. The summed E-state index contributed by atoms with van der Waals surface area (Å²) in [6.45, 7) is 7.66. The summed E-state index contributed by atoms with van der Waals surface area (Å²) in [7, 11) is 0. The number of urea groups is 1. The molecule has 0 unspecified atom stereocenters. The average molecular weight is 292 g/mol. The molecule has 2 amide bonds. The van der Waals surface area contributed by atoms with Crippen molar-refractivity contribution in [3.8, 4) is 0 Å². The van der Waals surface area contributed by atoms with Crippen molar-refractivity contribution in [2.45, 2.75) is 33.6 Å². The lowest BCUT2D eigenvalue weighted by Crippen LogP contribution is -2.34. The number of hydrogen-bond acceptors (Lipinski definition) is 3. The second kappa shape index (κ2) is 9.00. The van der Waals surface area contributed by atoms with Gasteiger partial charge in [-0.1, -0.05) is 13.3 Å². The van der Waals surface area contributed by atoms with Crippen LogP contribution in [0.3, 0.4) is 0 Å². The molecule has 1 rings (SSSR count).